The Hall–Kier alpha value is -4.24. The lowest BCUT2D eigenvalue weighted by Gasteiger charge is -2.16. The van der Waals surface area contributed by atoms with E-state index in [9.17, 15) is 4.79 Å². The largest absolute Gasteiger partial charge is 0.296 e. The first kappa shape index (κ1) is 21.6. The third-order valence-corrected chi connectivity index (χ3v) is 5.99. The van der Waals surface area contributed by atoms with Gasteiger partial charge >= 0.3 is 0 Å². The van der Waals surface area contributed by atoms with Gasteiger partial charge in [0, 0.05) is 22.4 Å². The van der Waals surface area contributed by atoms with Crippen LogP contribution >= 0.6 is 0 Å². The molecule has 0 saturated carbocycles. The molecule has 3 nitrogen and oxygen atoms in total. The number of pyridine rings is 1. The predicted octanol–water partition coefficient (Wildman–Crippen LogP) is 7.44. The van der Waals surface area contributed by atoms with Crippen molar-refractivity contribution in [3.05, 3.63) is 138 Å². The number of fused-ring (bicyclic) bond motifs is 1. The van der Waals surface area contributed by atoms with Gasteiger partial charge in [0.05, 0.1) is 11.4 Å². The third kappa shape index (κ3) is 4.08. The summed E-state index contributed by atoms with van der Waals surface area (Å²) in [4.78, 5) is 18.5. The predicted molar refractivity (Wildman–Crippen MR) is 139 cm³/mol. The van der Waals surface area contributed by atoms with E-state index in [1.165, 1.54) is 0 Å². The molecule has 0 aliphatic heterocycles. The van der Waals surface area contributed by atoms with E-state index in [4.69, 9.17) is 4.98 Å². The summed E-state index contributed by atoms with van der Waals surface area (Å²) in [7, 11) is 0. The molecule has 0 spiro atoms. The Bertz CT molecular complexity index is 1460. The fourth-order valence-corrected chi connectivity index (χ4v) is 4.34. The minimum Gasteiger partial charge on any atom is -0.296 e. The second-order valence-corrected chi connectivity index (χ2v) is 8.63. The highest BCUT2D eigenvalue weighted by molar-refractivity contribution is 6.11. The van der Waals surface area contributed by atoms with Gasteiger partial charge in [-0.25, -0.2) is 4.98 Å². The maximum Gasteiger partial charge on any atom is 0.186 e. The van der Waals surface area contributed by atoms with Crippen LogP contribution < -0.4 is 0 Å². The Kier molecular flexibility index (Phi) is 5.92. The second kappa shape index (κ2) is 9.32. The highest BCUT2D eigenvalue weighted by Crippen LogP contribution is 2.35. The topological polar surface area (TPSA) is 34.4 Å². The maximum absolute atomic E-state index is 13.4. The molecule has 0 saturated heterocycles. The van der Waals surface area contributed by atoms with Crippen molar-refractivity contribution in [1.82, 2.24) is 9.38 Å². The number of hydrogen-bond acceptors (Lipinski definition) is 2. The first-order valence-electron chi connectivity index (χ1n) is 11.6. The molecule has 0 atom stereocenters. The summed E-state index contributed by atoms with van der Waals surface area (Å²) in [5.41, 5.74) is 7.33. The van der Waals surface area contributed by atoms with E-state index in [0.29, 0.717) is 5.56 Å². The molecule has 0 unspecified atom stereocenters. The Balaban J connectivity index is 1.86. The first-order valence-corrected chi connectivity index (χ1v) is 11.6. The Morgan fingerprint density at radius 1 is 0.735 bits per heavy atom. The van der Waals surface area contributed by atoms with Crippen LogP contribution in [-0.2, 0) is 0 Å². The number of hydrogen-bond donors (Lipinski definition) is 0. The van der Waals surface area contributed by atoms with E-state index in [2.05, 4.69) is 54.6 Å². The summed E-state index contributed by atoms with van der Waals surface area (Å²) in [6.07, 6.45) is 1.76. The van der Waals surface area contributed by atoms with Crippen LogP contribution in [0.4, 0.5) is 0 Å². The quantitative estimate of drug-likeness (QED) is 0.202. The average Bonchev–Trinajstić information content (AvgIpc) is 3.28. The minimum atomic E-state index is -0.0320. The molecule has 0 amide bonds. The van der Waals surface area contributed by atoms with E-state index in [-0.39, 0.29) is 11.7 Å². The smallest absolute Gasteiger partial charge is 0.186 e. The van der Waals surface area contributed by atoms with E-state index in [0.717, 1.165) is 39.4 Å². The lowest BCUT2D eigenvalue weighted by Crippen LogP contribution is -2.05. The standard InChI is InChI=1S/C31H26N2O/c1-22(2)27-19-12-20-29-32-30(25-17-10-5-11-18-25)31(33(27)29)26(23-13-6-3-7-14-23)21-28(34)24-15-8-4-9-16-24/h3-22H,1-2H3/b26-21-. The van der Waals surface area contributed by atoms with Crippen LogP contribution in [0.3, 0.4) is 0 Å². The number of aromatic nitrogens is 2. The monoisotopic (exact) mass is 442 g/mol. The van der Waals surface area contributed by atoms with Crippen molar-refractivity contribution < 1.29 is 4.79 Å². The van der Waals surface area contributed by atoms with Gasteiger partial charge in [-0.15, -0.1) is 0 Å². The van der Waals surface area contributed by atoms with Gasteiger partial charge in [0.15, 0.2) is 5.78 Å². The summed E-state index contributed by atoms with van der Waals surface area (Å²) < 4.78 is 2.21. The van der Waals surface area contributed by atoms with Gasteiger partial charge in [-0.1, -0.05) is 111 Å². The summed E-state index contributed by atoms with van der Waals surface area (Å²) in [6.45, 7) is 4.36. The van der Waals surface area contributed by atoms with Crippen molar-refractivity contribution in [2.45, 2.75) is 19.8 Å². The molecule has 34 heavy (non-hydrogen) atoms. The van der Waals surface area contributed by atoms with Crippen molar-refractivity contribution in [3.8, 4) is 11.3 Å². The van der Waals surface area contributed by atoms with Crippen LogP contribution in [0.15, 0.2) is 115 Å². The van der Waals surface area contributed by atoms with Crippen LogP contribution in [0.5, 0.6) is 0 Å². The molecule has 3 heteroatoms. The molecule has 0 radical (unpaired) electrons. The molecule has 5 rings (SSSR count). The van der Waals surface area contributed by atoms with Gasteiger partial charge in [0.25, 0.3) is 0 Å². The Morgan fingerprint density at radius 3 is 1.94 bits per heavy atom. The molecule has 5 aromatic rings. The molecular formula is C31H26N2O. The highest BCUT2D eigenvalue weighted by atomic mass is 16.1. The number of imidazole rings is 1. The second-order valence-electron chi connectivity index (χ2n) is 8.63. The van der Waals surface area contributed by atoms with Crippen LogP contribution in [0.2, 0.25) is 0 Å². The number of ketones is 1. The molecule has 3 aromatic carbocycles. The molecule has 0 N–H and O–H groups in total. The van der Waals surface area contributed by atoms with Gasteiger partial charge in [0.2, 0.25) is 0 Å². The number of rotatable bonds is 6. The molecule has 0 fully saturated rings. The minimum absolute atomic E-state index is 0.0320. The van der Waals surface area contributed by atoms with Gasteiger partial charge in [0.1, 0.15) is 5.65 Å². The zero-order valence-corrected chi connectivity index (χ0v) is 19.3. The molecule has 166 valence electrons. The van der Waals surface area contributed by atoms with E-state index in [1.54, 1.807) is 6.08 Å². The molecule has 0 aliphatic rings. The molecule has 0 bridgehead atoms. The Morgan fingerprint density at radius 2 is 1.32 bits per heavy atom. The van der Waals surface area contributed by atoms with Crippen molar-refractivity contribution in [2.24, 2.45) is 0 Å². The van der Waals surface area contributed by atoms with Gasteiger partial charge in [-0.2, -0.15) is 0 Å². The van der Waals surface area contributed by atoms with Gasteiger partial charge < -0.3 is 0 Å². The van der Waals surface area contributed by atoms with Crippen molar-refractivity contribution in [2.75, 3.05) is 0 Å². The molecule has 0 aliphatic carbocycles. The Labute approximate surface area is 200 Å². The third-order valence-electron chi connectivity index (χ3n) is 5.99. The highest BCUT2D eigenvalue weighted by Gasteiger charge is 2.22. The van der Waals surface area contributed by atoms with Crippen LogP contribution in [0.1, 0.15) is 47.1 Å². The summed E-state index contributed by atoms with van der Waals surface area (Å²) in [5, 5.41) is 0. The zero-order valence-electron chi connectivity index (χ0n) is 19.3. The molecular weight excluding hydrogens is 416 g/mol. The van der Waals surface area contributed by atoms with Gasteiger partial charge in [-0.05, 0) is 29.7 Å². The molecule has 2 heterocycles. The summed E-state index contributed by atoms with van der Waals surface area (Å²) in [6, 6.07) is 35.9. The fourth-order valence-electron chi connectivity index (χ4n) is 4.34. The first-order chi connectivity index (χ1) is 16.6. The van der Waals surface area contributed by atoms with E-state index >= 15 is 0 Å². The average molecular weight is 443 g/mol. The number of carbonyl (C=O) groups excluding carboxylic acids is 1. The maximum atomic E-state index is 13.4. The molecule has 2 aromatic heterocycles. The summed E-state index contributed by atoms with van der Waals surface area (Å²) in [5.74, 6) is 0.248. The van der Waals surface area contributed by atoms with E-state index in [1.807, 2.05) is 72.8 Å². The SMILES string of the molecule is CC(C)c1cccc2nc(-c3ccccc3)c(/C(=C\C(=O)c3ccccc3)c3ccccc3)n12. The normalized spacial score (nSPS) is 11.8. The van der Waals surface area contributed by atoms with Crippen LogP contribution in [0.25, 0.3) is 22.5 Å². The fraction of sp³-hybridized carbons (Fsp3) is 0.0968. The van der Waals surface area contributed by atoms with Crippen molar-refractivity contribution >= 4 is 17.0 Å². The zero-order chi connectivity index (χ0) is 23.5. The van der Waals surface area contributed by atoms with Crippen molar-refractivity contribution in [1.29, 1.82) is 0 Å². The number of benzene rings is 3. The van der Waals surface area contributed by atoms with Crippen molar-refractivity contribution in [3.63, 3.8) is 0 Å². The van der Waals surface area contributed by atoms with Gasteiger partial charge in [-0.3, -0.25) is 9.20 Å². The number of allylic oxidation sites excluding steroid dienone is 1. The number of nitrogens with zero attached hydrogens (tertiary/aromatic N) is 2. The number of carbonyl (C=O) groups is 1. The van der Waals surface area contributed by atoms with Crippen LogP contribution in [-0.4, -0.2) is 15.2 Å². The summed E-state index contributed by atoms with van der Waals surface area (Å²) >= 11 is 0. The lowest BCUT2D eigenvalue weighted by atomic mass is 9.95. The lowest BCUT2D eigenvalue weighted by molar-refractivity contribution is 0.104. The van der Waals surface area contributed by atoms with Crippen LogP contribution in [0, 0.1) is 0 Å². The van der Waals surface area contributed by atoms with E-state index < -0.39 is 0 Å².